The number of hydrogen-bond donors (Lipinski definition) is 0. The van der Waals surface area contributed by atoms with E-state index in [9.17, 15) is 0 Å². The average molecular weight is 869 g/mol. The molecule has 0 aromatic heterocycles. The van der Waals surface area contributed by atoms with Crippen LogP contribution in [-0.2, 0) is 11.2 Å². The van der Waals surface area contributed by atoms with Crippen molar-refractivity contribution in [1.29, 1.82) is 0 Å². The predicted molar refractivity (Wildman–Crippen MR) is 191 cm³/mol. The van der Waals surface area contributed by atoms with E-state index in [2.05, 4.69) is 121 Å². The molecule has 8 atom stereocenters. The third kappa shape index (κ3) is 6.49. The van der Waals surface area contributed by atoms with Crippen LogP contribution in [0.2, 0.25) is 0 Å². The molecule has 1 nitrogen and oxygen atoms in total. The van der Waals surface area contributed by atoms with Gasteiger partial charge in [-0.2, -0.15) is 0 Å². The zero-order valence-corrected chi connectivity index (χ0v) is 31.5. The Morgan fingerprint density at radius 2 is 1.67 bits per heavy atom. The largest absolute Gasteiger partial charge is 0.378 e. The van der Waals surface area contributed by atoms with Crippen LogP contribution in [0.25, 0.3) is 0 Å². The van der Waals surface area contributed by atoms with Crippen LogP contribution in [0.1, 0.15) is 111 Å². The van der Waals surface area contributed by atoms with Crippen molar-refractivity contribution >= 4 is 67.8 Å². The van der Waals surface area contributed by atoms with E-state index in [0.717, 1.165) is 48.5 Å². The zero-order valence-electron chi connectivity index (χ0n) is 25.0. The number of halogens is 3. The normalized spacial score (nSPS) is 36.7. The van der Waals surface area contributed by atoms with Gasteiger partial charge < -0.3 is 4.74 Å². The van der Waals surface area contributed by atoms with E-state index in [4.69, 9.17) is 4.74 Å². The molecule has 5 rings (SSSR count). The Bertz CT molecular complexity index is 1030. The van der Waals surface area contributed by atoms with E-state index in [-0.39, 0.29) is 0 Å². The highest BCUT2D eigenvalue weighted by Gasteiger charge is 2.59. The van der Waals surface area contributed by atoms with Crippen LogP contribution < -0.4 is 0 Å². The minimum atomic E-state index is 0.413. The van der Waals surface area contributed by atoms with E-state index in [1.807, 2.05) is 0 Å². The van der Waals surface area contributed by atoms with Gasteiger partial charge in [0.05, 0.1) is 12.7 Å². The molecule has 0 spiro atoms. The zero-order chi connectivity index (χ0) is 27.9. The van der Waals surface area contributed by atoms with Gasteiger partial charge in [0.2, 0.25) is 0 Å². The second-order valence-corrected chi connectivity index (χ2v) is 18.2. The van der Waals surface area contributed by atoms with Crippen molar-refractivity contribution in [1.82, 2.24) is 0 Å². The number of fused-ring (bicyclic) bond motifs is 5. The van der Waals surface area contributed by atoms with Gasteiger partial charge in [-0.25, -0.2) is 0 Å². The first-order valence-corrected chi connectivity index (χ1v) is 19.2. The van der Waals surface area contributed by atoms with Gasteiger partial charge in [-0.15, -0.1) is 0 Å². The van der Waals surface area contributed by atoms with Crippen molar-refractivity contribution in [2.45, 2.75) is 118 Å². The lowest BCUT2D eigenvalue weighted by atomic mass is 9.47. The highest BCUT2D eigenvalue weighted by molar-refractivity contribution is 14.1. The summed E-state index contributed by atoms with van der Waals surface area (Å²) in [4.78, 5) is 0. The third-order valence-corrected chi connectivity index (χ3v) is 14.6. The quantitative estimate of drug-likeness (QED) is 0.177. The van der Waals surface area contributed by atoms with Gasteiger partial charge in [-0.3, -0.25) is 0 Å². The predicted octanol–water partition coefficient (Wildman–Crippen LogP) is 11.5. The Hall–Kier alpha value is 1.11. The first kappa shape index (κ1) is 31.5. The second-order valence-electron chi connectivity index (χ2n) is 14.6. The molecule has 4 aliphatic carbocycles. The summed E-state index contributed by atoms with van der Waals surface area (Å²) in [7, 11) is 0. The van der Waals surface area contributed by atoms with E-state index in [1.165, 1.54) is 86.9 Å². The average Bonchev–Trinajstić information content (AvgIpc) is 3.22. The Balaban J connectivity index is 1.20. The standard InChI is InChI=1S/C35H51I3O/c1-22(2)7-6-8-23(3)29-11-12-30-27-10-9-24-19-26(13-16-34(24,4)31(27)14-17-35(29,30)5)39-18-15-28-32(37)20-25(36)21-33(28)38/h9,20-23,26-27,29-31H,6-8,10-19H2,1-5H3/t23-,26+,27+,29-,30+,31+,34+,35-/m1/s1. The number of ether oxygens (including phenoxy) is 1. The van der Waals surface area contributed by atoms with Crippen molar-refractivity contribution in [3.63, 3.8) is 0 Å². The monoisotopic (exact) mass is 868 g/mol. The fraction of sp³-hybridized carbons (Fsp3) is 0.771. The van der Waals surface area contributed by atoms with Crippen molar-refractivity contribution in [3.8, 4) is 0 Å². The molecule has 0 radical (unpaired) electrons. The van der Waals surface area contributed by atoms with Gasteiger partial charge >= 0.3 is 0 Å². The maximum atomic E-state index is 6.58. The van der Waals surface area contributed by atoms with E-state index in [0.29, 0.717) is 16.9 Å². The summed E-state index contributed by atoms with van der Waals surface area (Å²) in [6, 6.07) is 4.59. The maximum Gasteiger partial charge on any atom is 0.0612 e. The highest BCUT2D eigenvalue weighted by Crippen LogP contribution is 2.67. The molecule has 0 heterocycles. The molecule has 0 aliphatic heterocycles. The number of allylic oxidation sites excluding steroid dienone is 1. The molecule has 4 heteroatoms. The van der Waals surface area contributed by atoms with Gasteiger partial charge in [0.25, 0.3) is 0 Å². The molecule has 1 aromatic rings. The molecule has 218 valence electrons. The lowest BCUT2D eigenvalue weighted by Crippen LogP contribution is -2.51. The molecule has 0 bridgehead atoms. The van der Waals surface area contributed by atoms with E-state index >= 15 is 0 Å². The highest BCUT2D eigenvalue weighted by atomic mass is 127. The van der Waals surface area contributed by atoms with Crippen LogP contribution in [0.3, 0.4) is 0 Å². The van der Waals surface area contributed by atoms with E-state index in [1.54, 1.807) is 5.57 Å². The minimum Gasteiger partial charge on any atom is -0.378 e. The lowest BCUT2D eigenvalue weighted by molar-refractivity contribution is -0.0637. The van der Waals surface area contributed by atoms with E-state index < -0.39 is 0 Å². The molecule has 0 saturated heterocycles. The molecule has 0 N–H and O–H groups in total. The summed E-state index contributed by atoms with van der Waals surface area (Å²) in [5.41, 5.74) is 4.24. The molecule has 3 saturated carbocycles. The van der Waals surface area contributed by atoms with Crippen LogP contribution >= 0.6 is 67.8 Å². The summed E-state index contributed by atoms with van der Waals surface area (Å²) >= 11 is 7.42. The first-order valence-electron chi connectivity index (χ1n) is 16.0. The minimum absolute atomic E-state index is 0.413. The van der Waals surface area contributed by atoms with Crippen molar-refractivity contribution < 1.29 is 4.74 Å². The Morgan fingerprint density at radius 3 is 2.38 bits per heavy atom. The van der Waals surface area contributed by atoms with Crippen LogP contribution in [0, 0.1) is 57.0 Å². The molecule has 0 unspecified atom stereocenters. The van der Waals surface area contributed by atoms with Gasteiger partial charge in [-0.05, 0) is 190 Å². The van der Waals surface area contributed by atoms with Crippen LogP contribution in [0.15, 0.2) is 23.8 Å². The SMILES string of the molecule is CC(C)CCC[C@@H](C)[C@H]1CC[C@H]2[C@@H]3CC=C4C[C@@H](OCCc5c(I)cc(I)cc5I)CC[C@]4(C)[C@H]3CC[C@]12C. The fourth-order valence-electron chi connectivity index (χ4n) is 9.93. The Labute approximate surface area is 280 Å². The molecular formula is C35H51I3O. The summed E-state index contributed by atoms with van der Waals surface area (Å²) in [5, 5.41) is 0. The van der Waals surface area contributed by atoms with Crippen LogP contribution in [-0.4, -0.2) is 12.7 Å². The maximum absolute atomic E-state index is 6.58. The van der Waals surface area contributed by atoms with Gasteiger partial charge in [0.1, 0.15) is 0 Å². The summed E-state index contributed by atoms with van der Waals surface area (Å²) in [6.07, 6.45) is 19.5. The van der Waals surface area contributed by atoms with Crippen molar-refractivity contribution in [2.75, 3.05) is 6.61 Å². The summed E-state index contributed by atoms with van der Waals surface area (Å²) in [6.45, 7) is 13.6. The van der Waals surface area contributed by atoms with Crippen molar-refractivity contribution in [3.05, 3.63) is 40.1 Å². The first-order chi connectivity index (χ1) is 18.5. The Kier molecular flexibility index (Phi) is 10.5. The van der Waals surface area contributed by atoms with Crippen LogP contribution in [0.4, 0.5) is 0 Å². The van der Waals surface area contributed by atoms with Gasteiger partial charge in [0.15, 0.2) is 0 Å². The topological polar surface area (TPSA) is 9.23 Å². The number of hydrogen-bond acceptors (Lipinski definition) is 1. The molecule has 0 amide bonds. The number of rotatable bonds is 9. The summed E-state index contributed by atoms with van der Waals surface area (Å²) in [5.74, 6) is 5.49. The molecule has 39 heavy (non-hydrogen) atoms. The fourth-order valence-corrected chi connectivity index (χ4v) is 14.1. The molecule has 1 aromatic carbocycles. The van der Waals surface area contributed by atoms with Crippen LogP contribution in [0.5, 0.6) is 0 Å². The smallest absolute Gasteiger partial charge is 0.0612 e. The molecule has 3 fully saturated rings. The lowest BCUT2D eigenvalue weighted by Gasteiger charge is -2.58. The Morgan fingerprint density at radius 1 is 0.923 bits per heavy atom. The molecular weight excluding hydrogens is 817 g/mol. The molecule has 4 aliphatic rings. The summed E-state index contributed by atoms with van der Waals surface area (Å²) < 4.78 is 10.7. The number of benzene rings is 1. The second kappa shape index (κ2) is 13.0. The van der Waals surface area contributed by atoms with Crippen molar-refractivity contribution in [2.24, 2.45) is 46.3 Å². The van der Waals surface area contributed by atoms with Gasteiger partial charge in [-0.1, -0.05) is 65.5 Å². The van der Waals surface area contributed by atoms with Gasteiger partial charge in [0, 0.05) is 10.7 Å². The third-order valence-electron chi connectivity index (χ3n) is 12.1.